The highest BCUT2D eigenvalue weighted by atomic mass is 16.5. The molecule has 0 amide bonds. The third-order valence-electron chi connectivity index (χ3n) is 10.5. The van der Waals surface area contributed by atoms with Gasteiger partial charge in [0.15, 0.2) is 0 Å². The molecule has 5 rings (SSSR count). The predicted octanol–water partition coefficient (Wildman–Crippen LogP) is 5.38. The first kappa shape index (κ1) is 24.5. The molecule has 1 aromatic carbocycles. The summed E-state index contributed by atoms with van der Waals surface area (Å²) >= 11 is 0. The van der Waals surface area contributed by atoms with Gasteiger partial charge in [-0.25, -0.2) is 4.79 Å². The zero-order chi connectivity index (χ0) is 25.0. The van der Waals surface area contributed by atoms with Gasteiger partial charge in [0.25, 0.3) is 0 Å². The number of aliphatic hydroxyl groups excluding tert-OH is 1. The van der Waals surface area contributed by atoms with Gasteiger partial charge in [-0.3, -0.25) is 0 Å². The van der Waals surface area contributed by atoms with E-state index >= 15 is 0 Å². The highest BCUT2D eigenvalue weighted by Gasteiger charge is 2.69. The minimum atomic E-state index is -0.953. The Morgan fingerprint density at radius 2 is 1.86 bits per heavy atom. The molecule has 0 aromatic heterocycles. The Kier molecular flexibility index (Phi) is 6.12. The molecular weight excluding hydrogens is 442 g/mol. The summed E-state index contributed by atoms with van der Waals surface area (Å²) in [5.41, 5.74) is 1.35. The average molecular weight is 482 g/mol. The van der Waals surface area contributed by atoms with E-state index in [1.807, 2.05) is 18.2 Å². The topological polar surface area (TPSA) is 88.3 Å². The average Bonchev–Trinajstić information content (AvgIpc) is 3.10. The van der Waals surface area contributed by atoms with Crippen LogP contribution >= 0.6 is 0 Å². The van der Waals surface area contributed by atoms with Gasteiger partial charge in [-0.05, 0) is 80.8 Å². The van der Waals surface area contributed by atoms with Crippen molar-refractivity contribution < 1.29 is 24.6 Å². The van der Waals surface area contributed by atoms with Crippen LogP contribution in [-0.2, 0) is 9.47 Å². The van der Waals surface area contributed by atoms with Crippen LogP contribution in [0, 0.1) is 28.6 Å². The van der Waals surface area contributed by atoms with E-state index in [4.69, 9.17) is 9.47 Å². The maximum absolute atomic E-state index is 12.6. The van der Waals surface area contributed by atoms with Crippen molar-refractivity contribution in [2.45, 2.75) is 83.5 Å². The number of carbonyl (C=O) groups excluding carboxylic acids is 1. The Hall–Kier alpha value is -2.18. The van der Waals surface area contributed by atoms with Crippen LogP contribution in [0.5, 0.6) is 0 Å². The number of fused-ring (bicyclic) bond motifs is 5. The summed E-state index contributed by atoms with van der Waals surface area (Å²) in [7, 11) is 1.63. The fourth-order valence-corrected chi connectivity index (χ4v) is 8.77. The smallest absolute Gasteiger partial charge is 0.338 e. The van der Waals surface area contributed by atoms with Gasteiger partial charge in [0, 0.05) is 18.9 Å². The van der Waals surface area contributed by atoms with Crippen LogP contribution in [0.25, 0.3) is 0 Å². The van der Waals surface area contributed by atoms with Crippen LogP contribution in [0.15, 0.2) is 47.1 Å². The first-order valence-electron chi connectivity index (χ1n) is 13.1. The number of hydrogen-bond donors (Lipinski definition) is 2. The molecule has 4 aliphatic carbocycles. The van der Waals surface area contributed by atoms with Crippen molar-refractivity contribution in [2.75, 3.05) is 7.11 Å². The Balaban J connectivity index is 1.38. The molecule has 35 heavy (non-hydrogen) atoms. The van der Waals surface area contributed by atoms with Crippen LogP contribution < -0.4 is 0 Å². The van der Waals surface area contributed by atoms with Crippen molar-refractivity contribution in [3.05, 3.63) is 47.5 Å². The van der Waals surface area contributed by atoms with E-state index in [9.17, 15) is 15.1 Å². The SMILES string of the molecule is CO[C@@]1(/C(C)=N\O)[C@H](O)C[C@H]2[C@@H]3CC=C4C[C@@H](OC(=O)c5ccccc5)CC[C@]4(C)[C@H]3CC[C@@]21C. The lowest BCUT2D eigenvalue weighted by atomic mass is 9.46. The standard InChI is InChI=1S/C29H39NO5/c1-18(30-33)29(34-4)25(31)17-24-22-11-10-20-16-21(35-26(32)19-8-6-5-7-9-19)12-14-27(20,2)23(22)13-15-28(24,29)3/h5-10,21-25,31,33H,11-17H2,1-4H3/b30-18-/t21-,22+,23-,24-,25+,27-,28-,29-/m0/s1. The van der Waals surface area contributed by atoms with Crippen molar-refractivity contribution in [2.24, 2.45) is 33.7 Å². The lowest BCUT2D eigenvalue weighted by Gasteiger charge is -2.59. The molecule has 0 radical (unpaired) electrons. The van der Waals surface area contributed by atoms with Gasteiger partial charge >= 0.3 is 5.97 Å². The molecule has 0 aliphatic heterocycles. The summed E-state index contributed by atoms with van der Waals surface area (Å²) in [6.45, 7) is 6.40. The summed E-state index contributed by atoms with van der Waals surface area (Å²) in [6.07, 6.45) is 7.93. The second-order valence-electron chi connectivity index (χ2n) is 11.7. The van der Waals surface area contributed by atoms with Crippen molar-refractivity contribution in [1.82, 2.24) is 0 Å². The van der Waals surface area contributed by atoms with E-state index in [-0.39, 0.29) is 28.8 Å². The molecule has 0 bridgehead atoms. The maximum Gasteiger partial charge on any atom is 0.338 e. The first-order chi connectivity index (χ1) is 16.7. The molecule has 8 atom stereocenters. The normalized spacial score (nSPS) is 42.9. The lowest BCUT2D eigenvalue weighted by molar-refractivity contribution is -0.131. The van der Waals surface area contributed by atoms with Crippen molar-refractivity contribution in [3.8, 4) is 0 Å². The number of methoxy groups -OCH3 is 1. The van der Waals surface area contributed by atoms with Crippen molar-refractivity contribution in [3.63, 3.8) is 0 Å². The van der Waals surface area contributed by atoms with E-state index in [2.05, 4.69) is 25.1 Å². The minimum absolute atomic E-state index is 0.0784. The number of rotatable bonds is 4. The second-order valence-corrected chi connectivity index (χ2v) is 11.7. The summed E-state index contributed by atoms with van der Waals surface area (Å²) in [6, 6.07) is 9.23. The van der Waals surface area contributed by atoms with Gasteiger partial charge < -0.3 is 19.8 Å². The largest absolute Gasteiger partial charge is 0.458 e. The van der Waals surface area contributed by atoms with E-state index in [1.165, 1.54) is 5.57 Å². The van der Waals surface area contributed by atoms with Crippen molar-refractivity contribution >= 4 is 11.7 Å². The summed E-state index contributed by atoms with van der Waals surface area (Å²) in [4.78, 5) is 12.6. The molecule has 1 aromatic rings. The van der Waals surface area contributed by atoms with Gasteiger partial charge in [0.2, 0.25) is 0 Å². The zero-order valence-corrected chi connectivity index (χ0v) is 21.4. The summed E-state index contributed by atoms with van der Waals surface area (Å²) < 4.78 is 12.0. The Labute approximate surface area is 208 Å². The number of ether oxygens (including phenoxy) is 2. The van der Waals surface area contributed by atoms with Gasteiger partial charge in [-0.15, -0.1) is 0 Å². The zero-order valence-electron chi connectivity index (χ0n) is 21.4. The molecule has 6 heteroatoms. The van der Waals surface area contributed by atoms with Crippen molar-refractivity contribution in [1.29, 1.82) is 0 Å². The van der Waals surface area contributed by atoms with E-state index in [1.54, 1.807) is 26.2 Å². The molecule has 0 spiro atoms. The first-order valence-corrected chi connectivity index (χ1v) is 13.1. The molecule has 0 unspecified atom stereocenters. The molecule has 6 nitrogen and oxygen atoms in total. The number of benzene rings is 1. The van der Waals surface area contributed by atoms with Gasteiger partial charge in [-0.1, -0.05) is 48.9 Å². The van der Waals surface area contributed by atoms with Gasteiger partial charge in [0.05, 0.1) is 17.4 Å². The highest BCUT2D eigenvalue weighted by molar-refractivity contribution is 5.92. The molecule has 3 saturated carbocycles. The van der Waals surface area contributed by atoms with Crippen LogP contribution in [-0.4, -0.2) is 46.9 Å². The third-order valence-corrected chi connectivity index (χ3v) is 10.5. The molecule has 0 heterocycles. The molecule has 3 fully saturated rings. The van der Waals surface area contributed by atoms with Crippen LogP contribution in [0.2, 0.25) is 0 Å². The Morgan fingerprint density at radius 1 is 1.11 bits per heavy atom. The van der Waals surface area contributed by atoms with E-state index < -0.39 is 11.7 Å². The molecule has 0 saturated heterocycles. The van der Waals surface area contributed by atoms with Crippen LogP contribution in [0.1, 0.15) is 76.1 Å². The number of allylic oxidation sites excluding steroid dienone is 1. The number of nitrogens with zero attached hydrogens (tertiary/aromatic N) is 1. The third kappa shape index (κ3) is 3.43. The second kappa shape index (κ2) is 8.74. The maximum atomic E-state index is 12.6. The summed E-state index contributed by atoms with van der Waals surface area (Å²) in [5.74, 6) is 1.02. The number of carbonyl (C=O) groups is 1. The number of esters is 1. The molecule has 190 valence electrons. The number of hydrogen-bond acceptors (Lipinski definition) is 6. The summed E-state index contributed by atoms with van der Waals surface area (Å²) in [5, 5.41) is 24.4. The minimum Gasteiger partial charge on any atom is -0.458 e. The molecule has 4 aliphatic rings. The fourth-order valence-electron chi connectivity index (χ4n) is 8.77. The van der Waals surface area contributed by atoms with E-state index in [0.29, 0.717) is 29.5 Å². The fraction of sp³-hybridized carbons (Fsp3) is 0.655. The molecular formula is C29H39NO5. The van der Waals surface area contributed by atoms with Gasteiger partial charge in [0.1, 0.15) is 11.7 Å². The molecule has 2 N–H and O–H groups in total. The Bertz CT molecular complexity index is 1040. The highest BCUT2D eigenvalue weighted by Crippen LogP contribution is 2.68. The lowest BCUT2D eigenvalue weighted by Crippen LogP contribution is -2.60. The van der Waals surface area contributed by atoms with Crippen LogP contribution in [0.3, 0.4) is 0 Å². The quantitative estimate of drug-likeness (QED) is 0.198. The monoisotopic (exact) mass is 481 g/mol. The number of oxime groups is 1. The van der Waals surface area contributed by atoms with Crippen LogP contribution in [0.4, 0.5) is 0 Å². The van der Waals surface area contributed by atoms with Gasteiger partial charge in [-0.2, -0.15) is 0 Å². The Morgan fingerprint density at radius 3 is 2.54 bits per heavy atom. The predicted molar refractivity (Wildman–Crippen MR) is 133 cm³/mol. The van der Waals surface area contributed by atoms with E-state index in [0.717, 1.165) is 38.5 Å². The number of aliphatic hydroxyl groups is 1.